The molecule has 1 aromatic carbocycles. The monoisotopic (exact) mass is 374 g/mol. The molecule has 7 heteroatoms. The zero-order valence-corrected chi connectivity index (χ0v) is 16.2. The number of nitrogens with one attached hydrogen (secondary N) is 3. The first-order chi connectivity index (χ1) is 12.9. The van der Waals surface area contributed by atoms with Crippen LogP contribution in [0.15, 0.2) is 24.3 Å². The van der Waals surface area contributed by atoms with E-state index < -0.39 is 0 Å². The lowest BCUT2D eigenvalue weighted by Gasteiger charge is -2.31. The smallest absolute Gasteiger partial charge is 0.239 e. The van der Waals surface area contributed by atoms with Crippen LogP contribution in [0.4, 0.5) is 0 Å². The second-order valence-electron chi connectivity index (χ2n) is 7.21. The summed E-state index contributed by atoms with van der Waals surface area (Å²) in [6.07, 6.45) is 2.53. The maximum absolute atomic E-state index is 12.0. The highest BCUT2D eigenvalue weighted by molar-refractivity contribution is 5.87. The standard InChI is InChI=1S/C20H30N4O3/c1-15-6-5-9-24(13-15)14-18-8-4-3-7-17(18)10-22-20(27)12-23-19(26)11-21-16(2)25/h3-4,7-8,15H,5-6,9-14H2,1-2H3,(H,21,25)(H,22,27)(H,23,26). The van der Waals surface area contributed by atoms with Crippen LogP contribution in [0.2, 0.25) is 0 Å². The van der Waals surface area contributed by atoms with Crippen molar-refractivity contribution in [3.63, 3.8) is 0 Å². The average Bonchev–Trinajstić information content (AvgIpc) is 2.64. The Hall–Kier alpha value is -2.41. The van der Waals surface area contributed by atoms with Gasteiger partial charge in [-0.2, -0.15) is 0 Å². The summed E-state index contributed by atoms with van der Waals surface area (Å²) in [4.78, 5) is 36.7. The van der Waals surface area contributed by atoms with Gasteiger partial charge < -0.3 is 16.0 Å². The van der Waals surface area contributed by atoms with Gasteiger partial charge in [-0.1, -0.05) is 31.2 Å². The zero-order valence-electron chi connectivity index (χ0n) is 16.2. The first-order valence-corrected chi connectivity index (χ1v) is 9.51. The number of nitrogens with zero attached hydrogens (tertiary/aromatic N) is 1. The molecule has 1 fully saturated rings. The Labute approximate surface area is 160 Å². The van der Waals surface area contributed by atoms with Gasteiger partial charge in [0.15, 0.2) is 0 Å². The minimum atomic E-state index is -0.389. The van der Waals surface area contributed by atoms with Crippen LogP contribution in [0.1, 0.15) is 37.8 Å². The summed E-state index contributed by atoms with van der Waals surface area (Å²) in [5, 5.41) is 7.72. The fourth-order valence-corrected chi connectivity index (χ4v) is 3.26. The predicted molar refractivity (Wildman–Crippen MR) is 104 cm³/mol. The van der Waals surface area contributed by atoms with Crippen molar-refractivity contribution >= 4 is 17.7 Å². The van der Waals surface area contributed by atoms with Crippen molar-refractivity contribution < 1.29 is 14.4 Å². The quantitative estimate of drug-likeness (QED) is 0.627. The summed E-state index contributed by atoms with van der Waals surface area (Å²) >= 11 is 0. The van der Waals surface area contributed by atoms with E-state index in [2.05, 4.69) is 33.8 Å². The summed E-state index contributed by atoms with van der Waals surface area (Å²) in [7, 11) is 0. The summed E-state index contributed by atoms with van der Waals surface area (Å²) < 4.78 is 0. The van der Waals surface area contributed by atoms with Gasteiger partial charge in [-0.25, -0.2) is 0 Å². The molecule has 0 bridgehead atoms. The molecule has 3 N–H and O–H groups in total. The van der Waals surface area contributed by atoms with E-state index in [1.165, 1.54) is 25.3 Å². The molecule has 2 rings (SSSR count). The highest BCUT2D eigenvalue weighted by Crippen LogP contribution is 2.19. The first kappa shape index (κ1) is 20.9. The topological polar surface area (TPSA) is 90.5 Å². The van der Waals surface area contributed by atoms with E-state index in [1.807, 2.05) is 18.2 Å². The van der Waals surface area contributed by atoms with Gasteiger partial charge in [0.05, 0.1) is 13.1 Å². The van der Waals surface area contributed by atoms with E-state index in [9.17, 15) is 14.4 Å². The Balaban J connectivity index is 1.79. The van der Waals surface area contributed by atoms with Gasteiger partial charge in [-0.3, -0.25) is 19.3 Å². The molecule has 0 aliphatic carbocycles. The van der Waals surface area contributed by atoms with Crippen LogP contribution >= 0.6 is 0 Å². The molecule has 1 unspecified atom stereocenters. The van der Waals surface area contributed by atoms with Gasteiger partial charge in [0.25, 0.3) is 0 Å². The predicted octanol–water partition coefficient (Wildman–Crippen LogP) is 0.787. The first-order valence-electron chi connectivity index (χ1n) is 9.51. The second-order valence-corrected chi connectivity index (χ2v) is 7.21. The molecule has 148 valence electrons. The number of likely N-dealkylation sites (tertiary alicyclic amines) is 1. The van der Waals surface area contributed by atoms with Crippen molar-refractivity contribution in [2.75, 3.05) is 26.2 Å². The summed E-state index contributed by atoms with van der Waals surface area (Å²) in [6.45, 7) is 6.95. The number of piperidine rings is 1. The Morgan fingerprint density at radius 1 is 1.04 bits per heavy atom. The van der Waals surface area contributed by atoms with Crippen LogP contribution in [0.5, 0.6) is 0 Å². The van der Waals surface area contributed by atoms with Gasteiger partial charge >= 0.3 is 0 Å². The Morgan fingerprint density at radius 3 is 2.41 bits per heavy atom. The molecule has 0 spiro atoms. The molecule has 1 aromatic rings. The number of amides is 3. The molecule has 1 heterocycles. The van der Waals surface area contributed by atoms with Gasteiger partial charge in [-0.15, -0.1) is 0 Å². The van der Waals surface area contributed by atoms with E-state index in [0.29, 0.717) is 6.54 Å². The van der Waals surface area contributed by atoms with Gasteiger partial charge in [-0.05, 0) is 36.4 Å². The van der Waals surface area contributed by atoms with Crippen LogP contribution in [0.25, 0.3) is 0 Å². The van der Waals surface area contributed by atoms with E-state index in [-0.39, 0.29) is 30.8 Å². The number of hydrogen-bond donors (Lipinski definition) is 3. The van der Waals surface area contributed by atoms with E-state index >= 15 is 0 Å². The van der Waals surface area contributed by atoms with Crippen molar-refractivity contribution in [3.8, 4) is 0 Å². The molecule has 0 radical (unpaired) electrons. The maximum atomic E-state index is 12.0. The van der Waals surface area contributed by atoms with Crippen LogP contribution < -0.4 is 16.0 Å². The number of carbonyl (C=O) groups is 3. The van der Waals surface area contributed by atoms with Crippen molar-refractivity contribution in [2.24, 2.45) is 5.92 Å². The van der Waals surface area contributed by atoms with Crippen LogP contribution in [0, 0.1) is 5.92 Å². The summed E-state index contributed by atoms with van der Waals surface area (Å²) in [6, 6.07) is 8.13. The Bertz CT molecular complexity index is 662. The van der Waals surface area contributed by atoms with Gasteiger partial charge in [0.2, 0.25) is 17.7 Å². The fourth-order valence-electron chi connectivity index (χ4n) is 3.26. The molecule has 0 aromatic heterocycles. The zero-order chi connectivity index (χ0) is 19.6. The van der Waals surface area contributed by atoms with Gasteiger partial charge in [0.1, 0.15) is 0 Å². The van der Waals surface area contributed by atoms with Crippen molar-refractivity contribution in [1.29, 1.82) is 0 Å². The molecule has 3 amide bonds. The third-order valence-corrected chi connectivity index (χ3v) is 4.67. The van der Waals surface area contributed by atoms with Gasteiger partial charge in [0, 0.05) is 26.6 Å². The molecule has 7 nitrogen and oxygen atoms in total. The minimum absolute atomic E-state index is 0.107. The molecule has 1 atom stereocenters. The van der Waals surface area contributed by atoms with Crippen molar-refractivity contribution in [2.45, 2.75) is 39.8 Å². The Kier molecular flexibility index (Phi) is 8.26. The fraction of sp³-hybridized carbons (Fsp3) is 0.550. The van der Waals surface area contributed by atoms with Crippen molar-refractivity contribution in [1.82, 2.24) is 20.9 Å². The lowest BCUT2D eigenvalue weighted by Crippen LogP contribution is -2.41. The SMILES string of the molecule is CC(=O)NCC(=O)NCC(=O)NCc1ccccc1CN1CCCC(C)C1. The maximum Gasteiger partial charge on any atom is 0.239 e. The summed E-state index contributed by atoms with van der Waals surface area (Å²) in [5.74, 6) is -0.200. The van der Waals surface area contributed by atoms with E-state index in [1.54, 1.807) is 0 Å². The highest BCUT2D eigenvalue weighted by atomic mass is 16.2. The molecule has 1 aliphatic heterocycles. The largest absolute Gasteiger partial charge is 0.350 e. The van der Waals surface area contributed by atoms with E-state index in [4.69, 9.17) is 0 Å². The number of benzene rings is 1. The molecule has 1 saturated heterocycles. The lowest BCUT2D eigenvalue weighted by molar-refractivity contribution is -0.127. The highest BCUT2D eigenvalue weighted by Gasteiger charge is 2.17. The van der Waals surface area contributed by atoms with Crippen molar-refractivity contribution in [3.05, 3.63) is 35.4 Å². The number of hydrogen-bond acceptors (Lipinski definition) is 4. The average molecular weight is 374 g/mol. The normalized spacial score (nSPS) is 17.2. The lowest BCUT2D eigenvalue weighted by atomic mass is 9.99. The summed E-state index contributed by atoms with van der Waals surface area (Å²) in [5.41, 5.74) is 2.32. The number of carbonyl (C=O) groups excluding carboxylic acids is 3. The third-order valence-electron chi connectivity index (χ3n) is 4.67. The third kappa shape index (κ3) is 7.78. The van der Waals surface area contributed by atoms with Crippen LogP contribution in [-0.2, 0) is 27.5 Å². The van der Waals surface area contributed by atoms with Crippen LogP contribution in [-0.4, -0.2) is 48.8 Å². The molecular formula is C20H30N4O3. The minimum Gasteiger partial charge on any atom is -0.350 e. The number of rotatable bonds is 8. The Morgan fingerprint density at radius 2 is 1.70 bits per heavy atom. The molecular weight excluding hydrogens is 344 g/mol. The van der Waals surface area contributed by atoms with E-state index in [0.717, 1.165) is 31.1 Å². The second kappa shape index (κ2) is 10.7. The molecule has 27 heavy (non-hydrogen) atoms. The molecule has 0 saturated carbocycles. The van der Waals surface area contributed by atoms with Crippen LogP contribution in [0.3, 0.4) is 0 Å². The molecule has 1 aliphatic rings.